The Morgan fingerprint density at radius 3 is 1.62 bits per heavy atom. The van der Waals surface area contributed by atoms with Gasteiger partial charge in [-0.15, -0.1) is 0 Å². The molecule has 0 bridgehead atoms. The third kappa shape index (κ3) is 10.5. The number of aldehydes is 1. The highest BCUT2D eigenvalue weighted by Crippen LogP contribution is 2.22. The van der Waals surface area contributed by atoms with Crippen LogP contribution in [0.2, 0.25) is 0 Å². The largest absolute Gasteiger partial charge is 0.489 e. The lowest BCUT2D eigenvalue weighted by molar-refractivity contribution is -0.139. The maximum atomic E-state index is 12.8. The average molecular weight is 770 g/mol. The lowest BCUT2D eigenvalue weighted by Crippen LogP contribution is -2.06. The van der Waals surface area contributed by atoms with E-state index < -0.39 is 0 Å². The standard InChI is InChI=1S/C16H14FIO3.C15H12FIO2/c1-20-16(19)9-12-8-14(6-7-15(12)18)21-10-11-2-4-13(17)5-3-11;16-13-3-1-11(2-4-13)10-19-14-5-6-15(17)12(9-14)7-8-18/h2-8H,9-10H2,1H3;1-6,8-9H,7,10H2. The molecule has 0 saturated heterocycles. The van der Waals surface area contributed by atoms with Gasteiger partial charge in [0.15, 0.2) is 0 Å². The molecular formula is C31H26F2I2O5. The highest BCUT2D eigenvalue weighted by molar-refractivity contribution is 14.1. The molecule has 0 aromatic heterocycles. The van der Waals surface area contributed by atoms with Crippen LogP contribution >= 0.6 is 45.2 Å². The molecule has 0 unspecified atom stereocenters. The third-order valence-electron chi connectivity index (χ3n) is 5.54. The summed E-state index contributed by atoms with van der Waals surface area (Å²) in [6.45, 7) is 0.722. The van der Waals surface area contributed by atoms with E-state index in [1.54, 1.807) is 24.3 Å². The molecule has 0 amide bonds. The van der Waals surface area contributed by atoms with Gasteiger partial charge < -0.3 is 19.0 Å². The highest BCUT2D eigenvalue weighted by atomic mass is 127. The van der Waals surface area contributed by atoms with Gasteiger partial charge in [0.25, 0.3) is 0 Å². The first-order valence-electron chi connectivity index (χ1n) is 12.1. The number of hydrogen-bond donors (Lipinski definition) is 0. The van der Waals surface area contributed by atoms with Crippen LogP contribution in [0, 0.1) is 18.8 Å². The summed E-state index contributed by atoms with van der Waals surface area (Å²) in [4.78, 5) is 21.9. The number of rotatable bonds is 10. The minimum Gasteiger partial charge on any atom is -0.489 e. The molecule has 0 heterocycles. The van der Waals surface area contributed by atoms with Gasteiger partial charge in [-0.3, -0.25) is 4.79 Å². The van der Waals surface area contributed by atoms with E-state index in [0.29, 0.717) is 31.1 Å². The van der Waals surface area contributed by atoms with Gasteiger partial charge in [-0.1, -0.05) is 24.3 Å². The summed E-state index contributed by atoms with van der Waals surface area (Å²) in [5.41, 5.74) is 3.59. The molecule has 4 aromatic carbocycles. The van der Waals surface area contributed by atoms with Gasteiger partial charge >= 0.3 is 5.97 Å². The van der Waals surface area contributed by atoms with E-state index in [1.807, 2.05) is 36.4 Å². The van der Waals surface area contributed by atoms with Crippen molar-refractivity contribution in [3.8, 4) is 11.5 Å². The molecule has 0 aliphatic carbocycles. The summed E-state index contributed by atoms with van der Waals surface area (Å²) in [7, 11) is 1.37. The third-order valence-corrected chi connectivity index (χ3v) is 7.64. The van der Waals surface area contributed by atoms with Gasteiger partial charge in [0, 0.05) is 13.6 Å². The van der Waals surface area contributed by atoms with Gasteiger partial charge in [-0.25, -0.2) is 8.78 Å². The topological polar surface area (TPSA) is 61.8 Å². The fourth-order valence-corrected chi connectivity index (χ4v) is 4.47. The lowest BCUT2D eigenvalue weighted by atomic mass is 10.1. The maximum absolute atomic E-state index is 12.8. The van der Waals surface area contributed by atoms with Crippen molar-refractivity contribution in [3.63, 3.8) is 0 Å². The fraction of sp³-hybridized carbons (Fsp3) is 0.161. The van der Waals surface area contributed by atoms with Crippen molar-refractivity contribution in [3.05, 3.63) is 126 Å². The minimum absolute atomic E-state index is 0.211. The Morgan fingerprint density at radius 1 is 0.725 bits per heavy atom. The second kappa shape index (κ2) is 16.3. The van der Waals surface area contributed by atoms with Crippen molar-refractivity contribution in [2.45, 2.75) is 26.1 Å². The van der Waals surface area contributed by atoms with E-state index in [0.717, 1.165) is 35.7 Å². The maximum Gasteiger partial charge on any atom is 0.310 e. The second-order valence-electron chi connectivity index (χ2n) is 8.46. The smallest absolute Gasteiger partial charge is 0.310 e. The predicted molar refractivity (Wildman–Crippen MR) is 165 cm³/mol. The molecule has 0 aliphatic rings. The van der Waals surface area contributed by atoms with Crippen LogP contribution in [0.25, 0.3) is 0 Å². The van der Waals surface area contributed by atoms with E-state index in [4.69, 9.17) is 9.47 Å². The van der Waals surface area contributed by atoms with Crippen molar-refractivity contribution in [2.24, 2.45) is 0 Å². The number of benzene rings is 4. The number of carbonyl (C=O) groups is 2. The van der Waals surface area contributed by atoms with E-state index in [1.165, 1.54) is 31.4 Å². The van der Waals surface area contributed by atoms with Crippen molar-refractivity contribution < 1.29 is 32.6 Å². The molecule has 0 saturated carbocycles. The Kier molecular flexibility index (Phi) is 12.8. The molecule has 0 atom stereocenters. The van der Waals surface area contributed by atoms with Crippen LogP contribution < -0.4 is 9.47 Å². The van der Waals surface area contributed by atoms with Gasteiger partial charge in [0.1, 0.15) is 42.6 Å². The van der Waals surface area contributed by atoms with Crippen LogP contribution in [0.15, 0.2) is 84.9 Å². The first kappa shape index (κ1) is 31.5. The minimum atomic E-state index is -0.288. The molecule has 0 N–H and O–H groups in total. The number of esters is 1. The molecule has 0 fully saturated rings. The molecule has 40 heavy (non-hydrogen) atoms. The summed E-state index contributed by atoms with van der Waals surface area (Å²) in [5, 5.41) is 0. The zero-order valence-electron chi connectivity index (χ0n) is 21.5. The van der Waals surface area contributed by atoms with Crippen LogP contribution in [0.5, 0.6) is 11.5 Å². The molecule has 0 spiro atoms. The highest BCUT2D eigenvalue weighted by Gasteiger charge is 2.09. The van der Waals surface area contributed by atoms with E-state index in [-0.39, 0.29) is 24.0 Å². The first-order chi connectivity index (χ1) is 19.3. The Bertz CT molecular complexity index is 1410. The molecule has 0 aliphatic heterocycles. The van der Waals surface area contributed by atoms with E-state index in [2.05, 4.69) is 49.9 Å². The normalized spacial score (nSPS) is 10.2. The zero-order chi connectivity index (χ0) is 28.9. The van der Waals surface area contributed by atoms with Crippen LogP contribution in [0.3, 0.4) is 0 Å². The van der Waals surface area contributed by atoms with Crippen molar-refractivity contribution in [1.29, 1.82) is 0 Å². The Hall–Kier alpha value is -3.06. The number of carbonyl (C=O) groups excluding carboxylic acids is 2. The second-order valence-corrected chi connectivity index (χ2v) is 10.8. The molecule has 5 nitrogen and oxygen atoms in total. The lowest BCUT2D eigenvalue weighted by Gasteiger charge is -2.09. The van der Waals surface area contributed by atoms with Gasteiger partial charge in [0.05, 0.1) is 13.5 Å². The first-order valence-corrected chi connectivity index (χ1v) is 14.2. The van der Waals surface area contributed by atoms with Crippen molar-refractivity contribution in [1.82, 2.24) is 0 Å². The summed E-state index contributed by atoms with van der Waals surface area (Å²) < 4.78 is 43.6. The zero-order valence-corrected chi connectivity index (χ0v) is 25.9. The molecular weight excluding hydrogens is 744 g/mol. The quantitative estimate of drug-likeness (QED) is 0.0952. The molecule has 208 valence electrons. The SMILES string of the molecule is COC(=O)Cc1cc(OCc2ccc(F)cc2)ccc1I.O=CCc1cc(OCc2ccc(F)cc2)ccc1I. The Labute approximate surface area is 259 Å². The molecule has 4 rings (SSSR count). The van der Waals surface area contributed by atoms with Gasteiger partial charge in [0.2, 0.25) is 0 Å². The van der Waals surface area contributed by atoms with Crippen LogP contribution in [-0.2, 0) is 40.4 Å². The monoisotopic (exact) mass is 770 g/mol. The van der Waals surface area contributed by atoms with Gasteiger partial charge in [-0.05, 0) is 128 Å². The summed E-state index contributed by atoms with van der Waals surface area (Å²) in [6, 6.07) is 23.5. The number of methoxy groups -OCH3 is 1. The summed E-state index contributed by atoms with van der Waals surface area (Å²) in [5.74, 6) is 0.559. The Balaban J connectivity index is 0.000000222. The number of ether oxygens (including phenoxy) is 3. The number of halogens is 4. The number of hydrogen-bond acceptors (Lipinski definition) is 5. The average Bonchev–Trinajstić information content (AvgIpc) is 2.96. The summed E-state index contributed by atoms with van der Waals surface area (Å²) >= 11 is 4.35. The summed E-state index contributed by atoms with van der Waals surface area (Å²) in [6.07, 6.45) is 1.47. The van der Waals surface area contributed by atoms with Crippen molar-refractivity contribution in [2.75, 3.05) is 7.11 Å². The predicted octanol–water partition coefficient (Wildman–Crippen LogP) is 7.48. The van der Waals surface area contributed by atoms with Crippen LogP contribution in [0.4, 0.5) is 8.78 Å². The van der Waals surface area contributed by atoms with Crippen LogP contribution in [0.1, 0.15) is 22.3 Å². The fourth-order valence-electron chi connectivity index (χ4n) is 3.39. The van der Waals surface area contributed by atoms with Gasteiger partial charge in [-0.2, -0.15) is 0 Å². The Morgan fingerprint density at radius 2 is 1.18 bits per heavy atom. The van der Waals surface area contributed by atoms with E-state index in [9.17, 15) is 18.4 Å². The molecule has 4 aromatic rings. The van der Waals surface area contributed by atoms with Crippen molar-refractivity contribution >= 4 is 57.4 Å². The van der Waals surface area contributed by atoms with E-state index >= 15 is 0 Å². The van der Waals surface area contributed by atoms with Crippen LogP contribution in [-0.4, -0.2) is 19.4 Å². The molecule has 9 heteroatoms. The molecule has 0 radical (unpaired) electrons.